The maximum atomic E-state index is 12.8. The molecule has 1 unspecified atom stereocenters. The van der Waals surface area contributed by atoms with Crippen LogP contribution in [0.15, 0.2) is 42.6 Å². The van der Waals surface area contributed by atoms with Crippen LogP contribution in [-0.4, -0.2) is 53.6 Å². The number of benzene rings is 1. The van der Waals surface area contributed by atoms with E-state index in [2.05, 4.69) is 36.3 Å². The Kier molecular flexibility index (Phi) is 6.35. The fourth-order valence-electron chi connectivity index (χ4n) is 3.54. The lowest BCUT2D eigenvalue weighted by molar-refractivity contribution is -0.126. The van der Waals surface area contributed by atoms with Crippen LogP contribution in [0.3, 0.4) is 0 Å². The van der Waals surface area contributed by atoms with E-state index in [1.54, 1.807) is 25.4 Å². The van der Waals surface area contributed by atoms with E-state index in [0.29, 0.717) is 28.1 Å². The molecule has 2 aromatic heterocycles. The monoisotopic (exact) mass is 441 g/mol. The Labute approximate surface area is 183 Å². The van der Waals surface area contributed by atoms with E-state index in [1.807, 2.05) is 24.3 Å². The highest BCUT2D eigenvalue weighted by Crippen LogP contribution is 2.33. The maximum Gasteiger partial charge on any atom is 0.259 e. The van der Waals surface area contributed by atoms with Gasteiger partial charge in [0, 0.05) is 19.9 Å². The normalized spacial score (nSPS) is 19.0. The third-order valence-corrected chi connectivity index (χ3v) is 5.84. The average Bonchev–Trinajstić information content (AvgIpc) is 3.45. The standard InChI is InChI=1S/C20H23N7O3S/c1-29-14-6-3-5-13(11-14)16(30-2)17(28)23-18-26-27-19(31-18)24-20(8-10-21-12-20)15-7-4-9-22-25-15/h3-7,9,11,16,21H,8,10,12H2,1-2H3,(H,24,27)(H,23,26,28)/t16-,20?/m0/s1. The summed E-state index contributed by atoms with van der Waals surface area (Å²) in [6.07, 6.45) is 1.67. The van der Waals surface area contributed by atoms with Crippen molar-refractivity contribution in [3.63, 3.8) is 0 Å². The van der Waals surface area contributed by atoms with Crippen LogP contribution in [0.4, 0.5) is 10.3 Å². The minimum atomic E-state index is -0.805. The number of ether oxygens (including phenoxy) is 2. The molecule has 1 saturated heterocycles. The van der Waals surface area contributed by atoms with Crippen molar-refractivity contribution in [2.45, 2.75) is 18.1 Å². The van der Waals surface area contributed by atoms with Crippen LogP contribution in [0.25, 0.3) is 0 Å². The minimum Gasteiger partial charge on any atom is -0.497 e. The summed E-state index contributed by atoms with van der Waals surface area (Å²) in [4.78, 5) is 12.8. The molecule has 3 heterocycles. The number of aromatic nitrogens is 4. The summed E-state index contributed by atoms with van der Waals surface area (Å²) in [6, 6.07) is 11.0. The largest absolute Gasteiger partial charge is 0.497 e. The Bertz CT molecular complexity index is 1020. The number of carbonyl (C=O) groups is 1. The molecule has 0 bridgehead atoms. The molecule has 11 heteroatoms. The second-order valence-electron chi connectivity index (χ2n) is 7.04. The van der Waals surface area contributed by atoms with Crippen molar-refractivity contribution in [2.24, 2.45) is 0 Å². The number of rotatable bonds is 8. The molecule has 1 aliphatic rings. The van der Waals surface area contributed by atoms with E-state index < -0.39 is 11.6 Å². The third-order valence-electron chi connectivity index (χ3n) is 5.09. The first-order valence-corrected chi connectivity index (χ1v) is 10.5. The minimum absolute atomic E-state index is 0.343. The molecule has 1 aromatic carbocycles. The number of carbonyl (C=O) groups excluding carboxylic acids is 1. The molecule has 1 amide bonds. The molecule has 3 N–H and O–H groups in total. The van der Waals surface area contributed by atoms with Gasteiger partial charge >= 0.3 is 0 Å². The van der Waals surface area contributed by atoms with E-state index in [1.165, 1.54) is 18.4 Å². The van der Waals surface area contributed by atoms with Gasteiger partial charge in [-0.15, -0.1) is 10.2 Å². The quantitative estimate of drug-likeness (QED) is 0.481. The van der Waals surface area contributed by atoms with Gasteiger partial charge in [-0.1, -0.05) is 23.5 Å². The number of amides is 1. The zero-order chi connectivity index (χ0) is 21.7. The number of nitrogens with one attached hydrogen (secondary N) is 3. The summed E-state index contributed by atoms with van der Waals surface area (Å²) in [5.74, 6) is 0.304. The summed E-state index contributed by atoms with van der Waals surface area (Å²) in [6.45, 7) is 1.54. The highest BCUT2D eigenvalue weighted by Gasteiger charge is 2.38. The van der Waals surface area contributed by atoms with Gasteiger partial charge in [-0.2, -0.15) is 10.2 Å². The Morgan fingerprint density at radius 2 is 2.06 bits per heavy atom. The predicted octanol–water partition coefficient (Wildman–Crippen LogP) is 1.96. The number of anilines is 2. The van der Waals surface area contributed by atoms with Gasteiger partial charge in [-0.05, 0) is 42.8 Å². The summed E-state index contributed by atoms with van der Waals surface area (Å²) in [5.41, 5.74) is 1.09. The lowest BCUT2D eigenvalue weighted by Gasteiger charge is -2.27. The van der Waals surface area contributed by atoms with E-state index in [4.69, 9.17) is 9.47 Å². The first-order chi connectivity index (χ1) is 15.1. The molecule has 10 nitrogen and oxygen atoms in total. The third kappa shape index (κ3) is 4.63. The highest BCUT2D eigenvalue weighted by molar-refractivity contribution is 7.19. The van der Waals surface area contributed by atoms with Gasteiger partial charge in [0.25, 0.3) is 5.91 Å². The first kappa shape index (κ1) is 21.1. The Morgan fingerprint density at radius 3 is 2.77 bits per heavy atom. The molecule has 31 heavy (non-hydrogen) atoms. The Balaban J connectivity index is 1.47. The average molecular weight is 442 g/mol. The summed E-state index contributed by atoms with van der Waals surface area (Å²) in [7, 11) is 3.05. The van der Waals surface area contributed by atoms with Crippen molar-refractivity contribution in [3.8, 4) is 5.75 Å². The van der Waals surface area contributed by atoms with Gasteiger partial charge in [0.2, 0.25) is 10.3 Å². The zero-order valence-corrected chi connectivity index (χ0v) is 18.0. The van der Waals surface area contributed by atoms with Gasteiger partial charge in [-0.3, -0.25) is 10.1 Å². The van der Waals surface area contributed by atoms with Crippen molar-refractivity contribution in [3.05, 3.63) is 53.9 Å². The Hall–Kier alpha value is -3.15. The van der Waals surface area contributed by atoms with Crippen molar-refractivity contribution >= 4 is 27.5 Å². The summed E-state index contributed by atoms with van der Waals surface area (Å²) in [5, 5.41) is 27.1. The molecule has 0 radical (unpaired) electrons. The van der Waals surface area contributed by atoms with E-state index in [9.17, 15) is 4.79 Å². The highest BCUT2D eigenvalue weighted by atomic mass is 32.1. The fourth-order valence-corrected chi connectivity index (χ4v) is 4.28. The smallest absolute Gasteiger partial charge is 0.259 e. The van der Waals surface area contributed by atoms with Crippen molar-refractivity contribution in [1.29, 1.82) is 0 Å². The topological polar surface area (TPSA) is 123 Å². The molecule has 1 aliphatic heterocycles. The van der Waals surface area contributed by atoms with Crippen LogP contribution in [-0.2, 0) is 15.1 Å². The van der Waals surface area contributed by atoms with Gasteiger partial charge < -0.3 is 20.1 Å². The lowest BCUT2D eigenvalue weighted by Crippen LogP contribution is -2.38. The van der Waals surface area contributed by atoms with Crippen molar-refractivity contribution in [1.82, 2.24) is 25.7 Å². The van der Waals surface area contributed by atoms with Gasteiger partial charge in [0.1, 0.15) is 5.75 Å². The van der Waals surface area contributed by atoms with Crippen LogP contribution < -0.4 is 20.7 Å². The summed E-state index contributed by atoms with van der Waals surface area (Å²) >= 11 is 1.25. The number of hydrogen-bond donors (Lipinski definition) is 3. The lowest BCUT2D eigenvalue weighted by atomic mass is 9.94. The molecule has 3 aromatic rings. The zero-order valence-electron chi connectivity index (χ0n) is 17.2. The van der Waals surface area contributed by atoms with E-state index in [-0.39, 0.29) is 5.91 Å². The van der Waals surface area contributed by atoms with Crippen molar-refractivity contribution in [2.75, 3.05) is 37.9 Å². The van der Waals surface area contributed by atoms with Crippen LogP contribution in [0.2, 0.25) is 0 Å². The molecule has 2 atom stereocenters. The van der Waals surface area contributed by atoms with E-state index in [0.717, 1.165) is 18.7 Å². The molecule has 4 rings (SSSR count). The molecular formula is C20H23N7O3S. The Morgan fingerprint density at radius 1 is 1.19 bits per heavy atom. The first-order valence-electron chi connectivity index (χ1n) is 9.72. The molecule has 0 saturated carbocycles. The predicted molar refractivity (Wildman–Crippen MR) is 116 cm³/mol. The van der Waals surface area contributed by atoms with Crippen LogP contribution >= 0.6 is 11.3 Å². The fraction of sp³-hybridized carbons (Fsp3) is 0.350. The van der Waals surface area contributed by atoms with Gasteiger partial charge in [0.15, 0.2) is 6.10 Å². The van der Waals surface area contributed by atoms with Gasteiger partial charge in [-0.25, -0.2) is 0 Å². The molecule has 0 spiro atoms. The molecular weight excluding hydrogens is 418 g/mol. The summed E-state index contributed by atoms with van der Waals surface area (Å²) < 4.78 is 10.6. The molecule has 1 fully saturated rings. The van der Waals surface area contributed by atoms with Crippen LogP contribution in [0.5, 0.6) is 5.75 Å². The SMILES string of the molecule is COc1cccc([C@H](OC)C(=O)Nc2nnc(NC3(c4cccnn4)CCNC3)s2)c1. The molecule has 0 aliphatic carbocycles. The second-order valence-corrected chi connectivity index (χ2v) is 8.01. The van der Waals surface area contributed by atoms with Crippen LogP contribution in [0.1, 0.15) is 23.8 Å². The number of methoxy groups -OCH3 is 2. The van der Waals surface area contributed by atoms with E-state index >= 15 is 0 Å². The van der Waals surface area contributed by atoms with Crippen molar-refractivity contribution < 1.29 is 14.3 Å². The van der Waals surface area contributed by atoms with Crippen LogP contribution in [0, 0.1) is 0 Å². The number of nitrogens with zero attached hydrogens (tertiary/aromatic N) is 4. The molecule has 162 valence electrons. The second kappa shape index (κ2) is 9.33. The van der Waals surface area contributed by atoms with Gasteiger partial charge in [0.05, 0.1) is 18.3 Å². The number of hydrogen-bond acceptors (Lipinski definition) is 10. The maximum absolute atomic E-state index is 12.8.